The minimum absolute atomic E-state index is 0.145. The largest absolute Gasteiger partial charge is 0.375 e. The van der Waals surface area contributed by atoms with Crippen molar-refractivity contribution in [3.05, 3.63) is 42.1 Å². The van der Waals surface area contributed by atoms with Crippen molar-refractivity contribution in [2.75, 3.05) is 0 Å². The summed E-state index contributed by atoms with van der Waals surface area (Å²) < 4.78 is 1.77. The molecule has 0 spiro atoms. The molecule has 2 aromatic rings. The summed E-state index contributed by atoms with van der Waals surface area (Å²) >= 11 is 4.66. The van der Waals surface area contributed by atoms with Crippen LogP contribution in [0.15, 0.2) is 41.6 Å². The molecule has 0 aliphatic rings. The van der Waals surface area contributed by atoms with Crippen LogP contribution in [0.5, 0.6) is 0 Å². The van der Waals surface area contributed by atoms with Crippen LogP contribution in [0.2, 0.25) is 0 Å². The molecule has 0 radical (unpaired) electrons. The second-order valence-electron chi connectivity index (χ2n) is 3.73. The topological polar surface area (TPSA) is 68.2 Å². The fourth-order valence-electron chi connectivity index (χ4n) is 1.52. The maximum Gasteiger partial charge on any atom is 0.184 e. The monoisotopic (exact) mass is 259 g/mol. The van der Waals surface area contributed by atoms with Gasteiger partial charge in [-0.25, -0.2) is 0 Å². The highest BCUT2D eigenvalue weighted by molar-refractivity contribution is 7.80. The molecule has 0 unspecified atom stereocenters. The van der Waals surface area contributed by atoms with Gasteiger partial charge in [0.05, 0.1) is 11.9 Å². The molecule has 0 saturated heterocycles. The van der Waals surface area contributed by atoms with Crippen LogP contribution in [-0.2, 0) is 7.05 Å². The van der Waals surface area contributed by atoms with Crippen LogP contribution in [0.3, 0.4) is 0 Å². The Morgan fingerprint density at radius 1 is 1.50 bits per heavy atom. The summed E-state index contributed by atoms with van der Waals surface area (Å²) in [4.78, 5) is 0. The Bertz CT molecular complexity index is 588. The molecular weight excluding hydrogens is 246 g/mol. The molecule has 5 nitrogen and oxygen atoms in total. The van der Waals surface area contributed by atoms with Crippen molar-refractivity contribution in [3.63, 3.8) is 0 Å². The smallest absolute Gasteiger partial charge is 0.184 e. The molecule has 1 heterocycles. The summed E-state index contributed by atoms with van der Waals surface area (Å²) in [5, 5.41) is 8.41. The molecule has 1 aromatic carbocycles. The lowest BCUT2D eigenvalue weighted by molar-refractivity contribution is 0.771. The number of aromatic nitrogens is 2. The van der Waals surface area contributed by atoms with Gasteiger partial charge in [-0.3, -0.25) is 10.1 Å². The van der Waals surface area contributed by atoms with Crippen molar-refractivity contribution >= 4 is 23.5 Å². The van der Waals surface area contributed by atoms with E-state index in [2.05, 4.69) is 27.8 Å². The molecule has 0 aliphatic heterocycles. The van der Waals surface area contributed by atoms with Gasteiger partial charge in [0.1, 0.15) is 0 Å². The zero-order valence-electron chi connectivity index (χ0n) is 9.87. The number of nitrogens with one attached hydrogen (secondary N) is 1. The van der Waals surface area contributed by atoms with Crippen LogP contribution in [-0.4, -0.2) is 21.1 Å². The molecule has 0 aliphatic carbocycles. The summed E-state index contributed by atoms with van der Waals surface area (Å²) in [7, 11) is 1.89. The first-order valence-electron chi connectivity index (χ1n) is 5.34. The number of hydrogen-bond acceptors (Lipinski definition) is 3. The first kappa shape index (κ1) is 12.3. The van der Waals surface area contributed by atoms with Crippen LogP contribution < -0.4 is 11.2 Å². The van der Waals surface area contributed by atoms with E-state index >= 15 is 0 Å². The maximum absolute atomic E-state index is 5.27. The molecule has 0 atom stereocenters. The molecule has 0 fully saturated rings. The van der Waals surface area contributed by atoms with Crippen molar-refractivity contribution in [3.8, 4) is 11.3 Å². The maximum atomic E-state index is 5.27. The summed E-state index contributed by atoms with van der Waals surface area (Å²) in [6, 6.07) is 9.85. The van der Waals surface area contributed by atoms with Crippen molar-refractivity contribution < 1.29 is 0 Å². The fourth-order valence-corrected chi connectivity index (χ4v) is 1.57. The quantitative estimate of drug-likeness (QED) is 0.494. The van der Waals surface area contributed by atoms with E-state index in [-0.39, 0.29) is 5.11 Å². The number of nitrogens with two attached hydrogens (primary N) is 1. The van der Waals surface area contributed by atoms with E-state index in [0.717, 1.165) is 16.8 Å². The lowest BCUT2D eigenvalue weighted by Gasteiger charge is -1.99. The number of hydrazone groups is 1. The third-order valence-electron chi connectivity index (χ3n) is 2.28. The number of nitrogens with zero attached hydrogens (tertiary/aromatic N) is 3. The summed E-state index contributed by atoms with van der Waals surface area (Å²) in [5.74, 6) is 0. The van der Waals surface area contributed by atoms with Gasteiger partial charge >= 0.3 is 0 Å². The van der Waals surface area contributed by atoms with E-state index in [9.17, 15) is 0 Å². The molecule has 0 amide bonds. The van der Waals surface area contributed by atoms with Gasteiger partial charge in [0.15, 0.2) is 5.11 Å². The lowest BCUT2D eigenvalue weighted by atomic mass is 10.1. The van der Waals surface area contributed by atoms with Crippen LogP contribution in [0.4, 0.5) is 0 Å². The molecule has 92 valence electrons. The van der Waals surface area contributed by atoms with Gasteiger partial charge in [-0.2, -0.15) is 10.2 Å². The SMILES string of the molecule is Cn1ccc(-c2cccc(C=NNC(N)=S)c2)n1. The zero-order chi connectivity index (χ0) is 13.0. The van der Waals surface area contributed by atoms with Crippen LogP contribution in [0.25, 0.3) is 11.3 Å². The van der Waals surface area contributed by atoms with Gasteiger partial charge in [0.25, 0.3) is 0 Å². The van der Waals surface area contributed by atoms with E-state index in [1.807, 2.05) is 43.6 Å². The van der Waals surface area contributed by atoms with E-state index in [4.69, 9.17) is 5.73 Å². The van der Waals surface area contributed by atoms with E-state index in [1.165, 1.54) is 0 Å². The summed E-state index contributed by atoms with van der Waals surface area (Å²) in [6.07, 6.45) is 3.57. The average molecular weight is 259 g/mol. The molecule has 1 aromatic heterocycles. The van der Waals surface area contributed by atoms with E-state index in [0.29, 0.717) is 0 Å². The third kappa shape index (κ3) is 3.14. The minimum Gasteiger partial charge on any atom is -0.375 e. The number of hydrogen-bond donors (Lipinski definition) is 2. The molecular formula is C12H13N5S. The highest BCUT2D eigenvalue weighted by atomic mass is 32.1. The second-order valence-corrected chi connectivity index (χ2v) is 4.17. The molecule has 0 bridgehead atoms. The van der Waals surface area contributed by atoms with Crippen molar-refractivity contribution in [1.29, 1.82) is 0 Å². The normalized spacial score (nSPS) is 10.7. The van der Waals surface area contributed by atoms with Gasteiger partial charge < -0.3 is 5.73 Å². The lowest BCUT2D eigenvalue weighted by Crippen LogP contribution is -2.23. The molecule has 6 heteroatoms. The number of rotatable bonds is 3. The molecule has 18 heavy (non-hydrogen) atoms. The second kappa shape index (κ2) is 5.42. The Hall–Kier alpha value is -2.21. The van der Waals surface area contributed by atoms with Crippen molar-refractivity contribution in [2.24, 2.45) is 17.9 Å². The Balaban J connectivity index is 2.20. The average Bonchev–Trinajstić information content (AvgIpc) is 2.76. The van der Waals surface area contributed by atoms with Gasteiger partial charge in [-0.05, 0) is 29.9 Å². The Kier molecular flexibility index (Phi) is 3.69. The number of thiocarbonyl (C=S) groups is 1. The Morgan fingerprint density at radius 3 is 3.00 bits per heavy atom. The first-order valence-corrected chi connectivity index (χ1v) is 5.74. The summed E-state index contributed by atoms with van der Waals surface area (Å²) in [6.45, 7) is 0. The number of benzene rings is 1. The van der Waals surface area contributed by atoms with E-state index < -0.39 is 0 Å². The van der Waals surface area contributed by atoms with Crippen LogP contribution >= 0.6 is 12.2 Å². The Morgan fingerprint density at radius 2 is 2.33 bits per heavy atom. The molecule has 2 rings (SSSR count). The molecule has 0 saturated carbocycles. The van der Waals surface area contributed by atoms with Gasteiger partial charge in [0.2, 0.25) is 0 Å². The highest BCUT2D eigenvalue weighted by Crippen LogP contribution is 2.17. The Labute approximate surface area is 110 Å². The predicted octanol–water partition coefficient (Wildman–Crippen LogP) is 1.25. The van der Waals surface area contributed by atoms with Gasteiger partial charge in [-0.15, -0.1) is 0 Å². The first-order chi connectivity index (χ1) is 8.65. The third-order valence-corrected chi connectivity index (χ3v) is 2.38. The van der Waals surface area contributed by atoms with Gasteiger partial charge in [-0.1, -0.05) is 18.2 Å². The van der Waals surface area contributed by atoms with Crippen molar-refractivity contribution in [1.82, 2.24) is 15.2 Å². The fraction of sp³-hybridized carbons (Fsp3) is 0.0833. The summed E-state index contributed by atoms with van der Waals surface area (Å²) in [5.41, 5.74) is 10.7. The predicted molar refractivity (Wildman–Crippen MR) is 76.2 cm³/mol. The minimum atomic E-state index is 0.145. The zero-order valence-corrected chi connectivity index (χ0v) is 10.7. The van der Waals surface area contributed by atoms with Crippen LogP contribution in [0.1, 0.15) is 5.56 Å². The van der Waals surface area contributed by atoms with E-state index in [1.54, 1.807) is 10.9 Å². The molecule has 3 N–H and O–H groups in total. The van der Waals surface area contributed by atoms with Gasteiger partial charge in [0, 0.05) is 18.8 Å². The number of aryl methyl sites for hydroxylation is 1. The highest BCUT2D eigenvalue weighted by Gasteiger charge is 2.01. The van der Waals surface area contributed by atoms with Crippen LogP contribution in [0, 0.1) is 0 Å². The van der Waals surface area contributed by atoms with Crippen molar-refractivity contribution in [2.45, 2.75) is 0 Å². The standard InChI is InChI=1S/C12H13N5S/c1-17-6-5-11(16-17)10-4-2-3-9(7-10)8-14-15-12(13)18/h2-8H,1H3,(H3,13,15,18).